The summed E-state index contributed by atoms with van der Waals surface area (Å²) in [5.41, 5.74) is 6.92. The number of amides is 8. The van der Waals surface area contributed by atoms with Gasteiger partial charge >= 0.3 is 29.6 Å². The van der Waals surface area contributed by atoms with E-state index in [-0.39, 0.29) is 53.0 Å². The van der Waals surface area contributed by atoms with Crippen LogP contribution in [0.25, 0.3) is 26.8 Å². The molecular formula is C57H70N11NaO21S2. The van der Waals surface area contributed by atoms with Gasteiger partial charge in [0.25, 0.3) is 18.2 Å². The van der Waals surface area contributed by atoms with Crippen LogP contribution in [0.3, 0.4) is 0 Å². The minimum Gasteiger partial charge on any atom is -0.691 e. The second kappa shape index (κ2) is 32.6. The number of hydrogen-bond donors (Lipinski definition) is 14. The molecule has 8 amide bonds. The number of aliphatic hydroxyl groups is 7. The van der Waals surface area contributed by atoms with E-state index in [4.69, 9.17) is 24.7 Å². The maximum Gasteiger partial charge on any atom is 1.00 e. The van der Waals surface area contributed by atoms with Crippen LogP contribution in [0.1, 0.15) is 81.3 Å². The first-order valence-electron chi connectivity index (χ1n) is 28.9. The van der Waals surface area contributed by atoms with Crippen LogP contribution >= 0.6 is 23.7 Å². The maximum absolute atomic E-state index is 14.7. The number of aliphatic hydroxyl groups excluding tert-OH is 7. The van der Waals surface area contributed by atoms with E-state index in [1.165, 1.54) is 30.4 Å². The van der Waals surface area contributed by atoms with Crippen molar-refractivity contribution in [2.45, 2.75) is 138 Å². The van der Waals surface area contributed by atoms with Gasteiger partial charge < -0.3 is 97.1 Å². The molecular weight excluding hydrogens is 1260 g/mol. The zero-order valence-electron chi connectivity index (χ0n) is 50.1. The minimum absolute atomic E-state index is 0. The molecule has 13 unspecified atom stereocenters. The Hall–Kier alpha value is -7.13. The van der Waals surface area contributed by atoms with Crippen LogP contribution < -0.4 is 76.1 Å². The third-order valence-corrected chi connectivity index (χ3v) is 16.9. The predicted molar refractivity (Wildman–Crippen MR) is 315 cm³/mol. The molecule has 8 rings (SSSR count). The van der Waals surface area contributed by atoms with Crippen LogP contribution in [0.2, 0.25) is 0 Å². The number of imidazole rings is 1. The van der Waals surface area contributed by atoms with Gasteiger partial charge in [0.15, 0.2) is 11.5 Å². The zero-order valence-corrected chi connectivity index (χ0v) is 53.7. The van der Waals surface area contributed by atoms with E-state index in [2.05, 4.69) is 42.9 Å². The molecule has 32 nitrogen and oxygen atoms in total. The van der Waals surface area contributed by atoms with Gasteiger partial charge in [0, 0.05) is 55.1 Å². The third-order valence-electron chi connectivity index (χ3n) is 15.5. The van der Waals surface area contributed by atoms with Gasteiger partial charge in [0.2, 0.25) is 46.3 Å². The molecule has 2 aromatic heterocycles. The van der Waals surface area contributed by atoms with Crippen molar-refractivity contribution < 1.29 is 132 Å². The van der Waals surface area contributed by atoms with Gasteiger partial charge in [-0.3, -0.25) is 43.4 Å². The molecule has 0 saturated carbocycles. The molecule has 0 bridgehead atoms. The molecule has 3 fully saturated rings. The van der Waals surface area contributed by atoms with Gasteiger partial charge in [-0.15, -0.1) is 4.33 Å². The number of nitrogens with two attached hydrogens (primary N) is 1. The number of fused-ring (bicyclic) bond motifs is 3. The normalized spacial score (nSPS) is 24.9. The number of carbonyl (C=O) groups is 8. The Labute approximate surface area is 555 Å². The van der Waals surface area contributed by atoms with Gasteiger partial charge in [-0.1, -0.05) is 68.4 Å². The molecule has 92 heavy (non-hydrogen) atoms. The molecule has 3 aliphatic rings. The van der Waals surface area contributed by atoms with E-state index >= 15 is 0 Å². The number of ether oxygens (including phenoxy) is 1. The van der Waals surface area contributed by atoms with Crippen molar-refractivity contribution in [3.8, 4) is 39.1 Å². The molecule has 35 heteroatoms. The monoisotopic (exact) mass is 1330 g/mol. The first kappa shape index (κ1) is 72.3. The molecule has 15 N–H and O–H groups in total. The molecule has 14 atom stereocenters. The standard InChI is InChI=1S/C57H71N11O21S2.Na/c1-4-5-6-16-86-34-9-7-8-31(17-34)54-65-68-25-36(61-57(68)90-54)28-10-12-29(13-11-28)49(78)60-35-19-32(70)22-59-53(82)45-46(75)26(2)23-67(45)56(84)43(39(73)21-41(58)74)63-52(81)44(48(77)47(76)30-14-15-38(72)40(18-30)87-91-89-88-85)64-51(80)37-20-33(71)24-66(37)55(83)42(27(3)69)62-50(35)79;/h7-15,17-18,25-27,32-33,35,37,39,42-48,69-73,75-77,85H,4-6,16,19-24H2,1-3H3,(H2,58,74)(H,59,82)(H,60,78)(H,62,79)(H,63,81)(H,64,80);/q;+1/p-1/t26?,27?,32?,33?,35-,37?,39?,42?,43?,44?,45?,46?,47?,48?;/m0./s1. The van der Waals surface area contributed by atoms with Crippen molar-refractivity contribution in [1.82, 2.24) is 51.0 Å². The third kappa shape index (κ3) is 17.6. The molecule has 3 aromatic carbocycles. The van der Waals surface area contributed by atoms with Gasteiger partial charge in [-0.2, -0.15) is 5.10 Å². The van der Waals surface area contributed by atoms with Crippen molar-refractivity contribution in [1.29, 1.82) is 0 Å². The summed E-state index contributed by atoms with van der Waals surface area (Å²) in [4.78, 5) is 120. The molecule has 5 aromatic rings. The average molecular weight is 1330 g/mol. The van der Waals surface area contributed by atoms with Crippen LogP contribution in [-0.2, 0) is 42.9 Å². The van der Waals surface area contributed by atoms with Crippen molar-refractivity contribution >= 4 is 75.9 Å². The first-order chi connectivity index (χ1) is 43.4. The molecule has 492 valence electrons. The predicted octanol–water partition coefficient (Wildman–Crippen LogP) is -6.12. The van der Waals surface area contributed by atoms with E-state index in [0.29, 0.717) is 33.6 Å². The molecule has 0 radical (unpaired) electrons. The number of β-amino-alcohol motifs (C(OH)–C–C–N with tert-alkyl or cyclic N) is 1. The summed E-state index contributed by atoms with van der Waals surface area (Å²) in [6.45, 7) is 3.37. The second-order valence-electron chi connectivity index (χ2n) is 22.3. The molecule has 3 saturated heterocycles. The fourth-order valence-electron chi connectivity index (χ4n) is 10.7. The van der Waals surface area contributed by atoms with Crippen LogP contribution in [0.15, 0.2) is 72.9 Å². The largest absolute Gasteiger partial charge is 1.00 e. The topological polar surface area (TPSA) is 481 Å². The first-order valence-corrected chi connectivity index (χ1v) is 30.3. The number of aromatic nitrogens is 3. The quantitative estimate of drug-likeness (QED) is 0.0113. The minimum atomic E-state index is -2.54. The molecule has 0 spiro atoms. The van der Waals surface area contributed by atoms with Crippen molar-refractivity contribution in [2.75, 3.05) is 26.2 Å². The Balaban J connectivity index is 0.0000120. The van der Waals surface area contributed by atoms with Gasteiger partial charge in [0.1, 0.15) is 59.2 Å². The van der Waals surface area contributed by atoms with Gasteiger partial charge in [0.05, 0.1) is 55.4 Å². The van der Waals surface area contributed by atoms with Crippen LogP contribution in [0, 0.1) is 5.92 Å². The number of carbonyl (C=O) groups excluding carboxylic acids is 8. The number of benzene rings is 3. The van der Waals surface area contributed by atoms with Gasteiger partial charge in [-0.25, -0.2) is 9.50 Å². The van der Waals surface area contributed by atoms with Crippen LogP contribution in [0.5, 0.6) is 17.2 Å². The summed E-state index contributed by atoms with van der Waals surface area (Å²) in [7, 11) is 0. The van der Waals surface area contributed by atoms with E-state index < -0.39 is 183 Å². The molecule has 0 aliphatic carbocycles. The summed E-state index contributed by atoms with van der Waals surface area (Å²) < 4.78 is 16.6. The summed E-state index contributed by atoms with van der Waals surface area (Å²) in [6.07, 6.45) is -11.4. The number of aromatic hydroxyl groups is 1. The number of phenolic OH excluding ortho intramolecular Hbond substituents is 1. The fourth-order valence-corrected chi connectivity index (χ4v) is 11.8. The number of phenols is 1. The van der Waals surface area contributed by atoms with Crippen molar-refractivity contribution in [2.24, 2.45) is 11.7 Å². The van der Waals surface area contributed by atoms with E-state index in [1.54, 1.807) is 22.8 Å². The summed E-state index contributed by atoms with van der Waals surface area (Å²) >= 11 is 1.26. The van der Waals surface area contributed by atoms with Crippen molar-refractivity contribution in [3.05, 3.63) is 84.1 Å². The zero-order chi connectivity index (χ0) is 66.0. The SMILES string of the molecule is CCCCCOc1cccc(-c2nn3cc(-c4ccc(C(=O)N[C@H]5CC(O)CNC(=O)C6C(O)C(C)CN6C(=O)C(C(O)CC(N)=O)NC(=O)C(C(O)C(O)c6ccc(O)c(OSOO[O-])c6)NC(=O)C6CC(O)CN6C(=O)C(C(C)O)NC5=O)cc4)nc3s2)c1.[Na+]. The van der Waals surface area contributed by atoms with E-state index in [1.807, 2.05) is 24.3 Å². The Morgan fingerprint density at radius 2 is 1.55 bits per heavy atom. The van der Waals surface area contributed by atoms with Crippen molar-refractivity contribution in [3.63, 3.8) is 0 Å². The van der Waals surface area contributed by atoms with E-state index in [9.17, 15) is 84.5 Å². The maximum atomic E-state index is 14.7. The number of unbranched alkanes of at least 4 members (excludes halogenated alkanes) is 2. The summed E-state index contributed by atoms with van der Waals surface area (Å²) in [5.74, 6) is -11.3. The number of nitrogens with zero attached hydrogens (tertiary/aromatic N) is 5. The smallest absolute Gasteiger partial charge is 0.691 e. The second-order valence-corrected chi connectivity index (χ2v) is 23.7. The summed E-state index contributed by atoms with van der Waals surface area (Å²) in [5, 5.41) is 121. The number of primary amides is 1. The Morgan fingerprint density at radius 3 is 2.24 bits per heavy atom. The van der Waals surface area contributed by atoms with E-state index in [0.717, 1.165) is 59.7 Å². The Bertz CT molecular complexity index is 3410. The van der Waals surface area contributed by atoms with Gasteiger partial charge in [-0.05, 0) is 55.3 Å². The number of hydrogen-bond acceptors (Lipinski definition) is 25. The number of rotatable bonds is 20. The Kier molecular flexibility index (Phi) is 25.6. The fraction of sp³-hybridized carbons (Fsp3) is 0.474. The average Bonchev–Trinajstić information content (AvgIpc) is 1.61. The molecule has 5 heterocycles. The Morgan fingerprint density at radius 1 is 0.848 bits per heavy atom. The van der Waals surface area contributed by atoms with Crippen LogP contribution in [0.4, 0.5) is 0 Å². The molecule has 3 aliphatic heterocycles. The summed E-state index contributed by atoms with van der Waals surface area (Å²) in [6, 6.07) is 4.14. The number of nitrogens with one attached hydrogen (secondary N) is 5. The van der Waals surface area contributed by atoms with Crippen LogP contribution in [-0.4, -0.2) is 212 Å².